The zero-order valence-electron chi connectivity index (χ0n) is 9.77. The van der Waals surface area contributed by atoms with E-state index < -0.39 is 0 Å². The first kappa shape index (κ1) is 11.3. The number of aromatic nitrogens is 2. The molecular weight excluding hydrogens is 328 g/mol. The Morgan fingerprint density at radius 2 is 1.95 bits per heavy atom. The molecule has 1 aliphatic rings. The molecule has 1 aromatic carbocycles. The first-order valence-corrected chi connectivity index (χ1v) is 7.45. The molecule has 0 unspecified atom stereocenters. The number of fused-ring (bicyclic) bond motifs is 2. The van der Waals surface area contributed by atoms with Crippen LogP contribution in [0.3, 0.4) is 0 Å². The summed E-state index contributed by atoms with van der Waals surface area (Å²) in [6.45, 7) is 1.19. The van der Waals surface area contributed by atoms with E-state index in [2.05, 4.69) is 25.9 Å². The molecule has 19 heavy (non-hydrogen) atoms. The maximum absolute atomic E-state index is 5.57. The molecule has 0 spiro atoms. The minimum absolute atomic E-state index is 0.591. The minimum atomic E-state index is 0.591. The summed E-state index contributed by atoms with van der Waals surface area (Å²) >= 11 is 5.11. The van der Waals surface area contributed by atoms with E-state index in [0.29, 0.717) is 13.2 Å². The van der Waals surface area contributed by atoms with E-state index in [1.165, 1.54) is 0 Å². The molecule has 4 nitrogen and oxygen atoms in total. The van der Waals surface area contributed by atoms with Crippen molar-refractivity contribution in [2.45, 2.75) is 0 Å². The van der Waals surface area contributed by atoms with E-state index in [4.69, 9.17) is 9.47 Å². The van der Waals surface area contributed by atoms with E-state index >= 15 is 0 Å². The Hall–Kier alpha value is -1.53. The summed E-state index contributed by atoms with van der Waals surface area (Å²) in [5.74, 6) is 2.42. The van der Waals surface area contributed by atoms with Crippen LogP contribution >= 0.6 is 27.3 Å². The van der Waals surface area contributed by atoms with Gasteiger partial charge in [-0.1, -0.05) is 0 Å². The zero-order valence-corrected chi connectivity index (χ0v) is 12.2. The molecule has 2 aromatic heterocycles. The van der Waals surface area contributed by atoms with Gasteiger partial charge in [0.1, 0.15) is 19.0 Å². The molecule has 3 heterocycles. The van der Waals surface area contributed by atoms with Gasteiger partial charge < -0.3 is 14.5 Å². The summed E-state index contributed by atoms with van der Waals surface area (Å²) < 4.78 is 12.2. The van der Waals surface area contributed by atoms with Crippen molar-refractivity contribution in [2.24, 2.45) is 0 Å². The van der Waals surface area contributed by atoms with Crippen molar-refractivity contribution in [1.29, 1.82) is 0 Å². The van der Waals surface area contributed by atoms with E-state index in [1.807, 2.05) is 24.3 Å². The summed E-state index contributed by atoms with van der Waals surface area (Å²) in [4.78, 5) is 9.02. The summed E-state index contributed by atoms with van der Waals surface area (Å²) in [6.07, 6.45) is 0. The number of hydrogen-bond donors (Lipinski definition) is 1. The molecule has 1 aliphatic heterocycles. The van der Waals surface area contributed by atoms with Gasteiger partial charge in [0.2, 0.25) is 0 Å². The van der Waals surface area contributed by atoms with Crippen LogP contribution in [0.15, 0.2) is 28.1 Å². The number of rotatable bonds is 1. The lowest BCUT2D eigenvalue weighted by atomic mass is 10.2. The van der Waals surface area contributed by atoms with Gasteiger partial charge in [-0.05, 0) is 28.1 Å². The highest BCUT2D eigenvalue weighted by Crippen LogP contribution is 2.36. The van der Waals surface area contributed by atoms with E-state index in [-0.39, 0.29) is 0 Å². The third-order valence-electron chi connectivity index (χ3n) is 2.95. The molecule has 0 saturated heterocycles. The highest BCUT2D eigenvalue weighted by molar-refractivity contribution is 9.11. The Morgan fingerprint density at radius 3 is 2.68 bits per heavy atom. The van der Waals surface area contributed by atoms with Gasteiger partial charge >= 0.3 is 0 Å². The second kappa shape index (κ2) is 4.25. The zero-order chi connectivity index (χ0) is 12.8. The van der Waals surface area contributed by atoms with Crippen LogP contribution in [0.2, 0.25) is 0 Å². The van der Waals surface area contributed by atoms with Gasteiger partial charge in [-0.3, -0.25) is 0 Å². The average Bonchev–Trinajstić information content (AvgIpc) is 3.01. The summed E-state index contributed by atoms with van der Waals surface area (Å²) in [5.41, 5.74) is 1.85. The van der Waals surface area contributed by atoms with Crippen LogP contribution < -0.4 is 9.47 Å². The average molecular weight is 337 g/mol. The van der Waals surface area contributed by atoms with Gasteiger partial charge in [-0.2, -0.15) is 0 Å². The number of aromatic amines is 1. The normalized spacial score (nSPS) is 13.9. The summed E-state index contributed by atoms with van der Waals surface area (Å²) in [5, 5.41) is 0. The predicted molar refractivity (Wildman–Crippen MR) is 78.1 cm³/mol. The molecule has 6 heteroatoms. The molecule has 0 aliphatic carbocycles. The highest BCUT2D eigenvalue weighted by atomic mass is 79.9. The Bertz CT molecular complexity index is 722. The fourth-order valence-corrected chi connectivity index (χ4v) is 3.44. The van der Waals surface area contributed by atoms with Crippen LogP contribution in [0, 0.1) is 0 Å². The third kappa shape index (κ3) is 1.91. The Labute approximate surface area is 121 Å². The number of imidazole rings is 1. The predicted octanol–water partition coefficient (Wildman–Crippen LogP) is 3.83. The monoisotopic (exact) mass is 336 g/mol. The van der Waals surface area contributed by atoms with Gasteiger partial charge in [0.15, 0.2) is 11.5 Å². The second-order valence-corrected chi connectivity index (χ2v) is 6.67. The number of thiophene rings is 1. The Balaban J connectivity index is 1.87. The van der Waals surface area contributed by atoms with Crippen molar-refractivity contribution in [3.63, 3.8) is 0 Å². The molecule has 0 radical (unpaired) electrons. The molecule has 4 rings (SSSR count). The molecule has 0 atom stereocenters. The second-order valence-electron chi connectivity index (χ2n) is 4.20. The molecule has 0 saturated carbocycles. The summed E-state index contributed by atoms with van der Waals surface area (Å²) in [6, 6.07) is 7.93. The fraction of sp³-hybridized carbons (Fsp3) is 0.154. The largest absolute Gasteiger partial charge is 0.486 e. The molecule has 3 aromatic rings. The van der Waals surface area contributed by atoms with Crippen LogP contribution in [0.4, 0.5) is 0 Å². The number of nitrogens with zero attached hydrogens (tertiary/aromatic N) is 1. The van der Waals surface area contributed by atoms with Crippen LogP contribution in [0.1, 0.15) is 0 Å². The first-order chi connectivity index (χ1) is 9.29. The minimum Gasteiger partial charge on any atom is -0.486 e. The SMILES string of the molecule is Brc1ccc(-c2nc3cc4c(cc3[nH]2)OCCO4)s1. The van der Waals surface area contributed by atoms with Crippen molar-refractivity contribution >= 4 is 38.3 Å². The van der Waals surface area contributed by atoms with Crippen LogP contribution in [-0.4, -0.2) is 23.2 Å². The fourth-order valence-electron chi connectivity index (χ4n) is 2.10. The van der Waals surface area contributed by atoms with Gasteiger partial charge in [0, 0.05) is 12.1 Å². The Morgan fingerprint density at radius 1 is 1.16 bits per heavy atom. The van der Waals surface area contributed by atoms with Gasteiger partial charge in [0.25, 0.3) is 0 Å². The van der Waals surface area contributed by atoms with Crippen molar-refractivity contribution in [2.75, 3.05) is 13.2 Å². The third-order valence-corrected chi connectivity index (χ3v) is 4.58. The number of ether oxygens (including phenoxy) is 2. The lowest BCUT2D eigenvalue weighted by molar-refractivity contribution is 0.172. The van der Waals surface area contributed by atoms with Crippen LogP contribution in [-0.2, 0) is 0 Å². The van der Waals surface area contributed by atoms with E-state index in [9.17, 15) is 0 Å². The first-order valence-electron chi connectivity index (χ1n) is 5.85. The molecular formula is C13H9BrN2O2S. The van der Waals surface area contributed by atoms with Crippen molar-refractivity contribution in [3.8, 4) is 22.2 Å². The van der Waals surface area contributed by atoms with Crippen LogP contribution in [0.5, 0.6) is 11.5 Å². The molecule has 1 N–H and O–H groups in total. The molecule has 0 amide bonds. The lowest BCUT2D eigenvalue weighted by Gasteiger charge is -2.17. The van der Waals surface area contributed by atoms with Crippen molar-refractivity contribution in [1.82, 2.24) is 9.97 Å². The quantitative estimate of drug-likeness (QED) is 0.734. The van der Waals surface area contributed by atoms with Crippen LogP contribution in [0.25, 0.3) is 21.7 Å². The van der Waals surface area contributed by atoms with Gasteiger partial charge in [0.05, 0.1) is 19.7 Å². The standard InChI is InChI=1S/C13H9BrN2O2S/c14-12-2-1-11(19-12)13-15-7-5-9-10(6-8(7)16-13)18-4-3-17-9/h1-2,5-6H,3-4H2,(H,15,16). The van der Waals surface area contributed by atoms with Crippen molar-refractivity contribution in [3.05, 3.63) is 28.1 Å². The number of nitrogens with one attached hydrogen (secondary N) is 1. The number of H-pyrrole nitrogens is 1. The van der Waals surface area contributed by atoms with E-state index in [0.717, 1.165) is 37.0 Å². The van der Waals surface area contributed by atoms with Gasteiger partial charge in [-0.15, -0.1) is 11.3 Å². The van der Waals surface area contributed by atoms with Gasteiger partial charge in [-0.25, -0.2) is 4.98 Å². The molecule has 0 fully saturated rings. The van der Waals surface area contributed by atoms with Crippen molar-refractivity contribution < 1.29 is 9.47 Å². The topological polar surface area (TPSA) is 47.1 Å². The maximum Gasteiger partial charge on any atom is 0.163 e. The molecule has 96 valence electrons. The lowest BCUT2D eigenvalue weighted by Crippen LogP contribution is -2.15. The number of benzene rings is 1. The van der Waals surface area contributed by atoms with E-state index in [1.54, 1.807) is 11.3 Å². The summed E-state index contributed by atoms with van der Waals surface area (Å²) in [7, 11) is 0. The number of halogens is 1. The highest BCUT2D eigenvalue weighted by Gasteiger charge is 2.15. The molecule has 0 bridgehead atoms. The smallest absolute Gasteiger partial charge is 0.163 e. The maximum atomic E-state index is 5.57. The Kier molecular flexibility index (Phi) is 2.53. The number of hydrogen-bond acceptors (Lipinski definition) is 4.